The van der Waals surface area contributed by atoms with E-state index in [0.717, 1.165) is 24.7 Å². The van der Waals surface area contributed by atoms with Crippen molar-refractivity contribution in [1.29, 1.82) is 0 Å². The molecule has 1 aromatic rings. The van der Waals surface area contributed by atoms with Crippen LogP contribution in [0.3, 0.4) is 0 Å². The van der Waals surface area contributed by atoms with Crippen LogP contribution in [-0.2, 0) is 13.5 Å². The van der Waals surface area contributed by atoms with Gasteiger partial charge < -0.3 is 5.32 Å². The van der Waals surface area contributed by atoms with Crippen LogP contribution < -0.4 is 5.32 Å². The molecule has 1 saturated carbocycles. The number of aromatic nitrogens is 2. The van der Waals surface area contributed by atoms with Crippen molar-refractivity contribution in [3.8, 4) is 0 Å². The highest BCUT2D eigenvalue weighted by molar-refractivity contribution is 5.92. The maximum atomic E-state index is 12.4. The Morgan fingerprint density at radius 2 is 2.04 bits per heavy atom. The number of amides is 1. The minimum absolute atomic E-state index is 0.00944. The molecule has 0 radical (unpaired) electrons. The van der Waals surface area contributed by atoms with Crippen LogP contribution in [0, 0.1) is 0 Å². The Labute approximate surface area is 139 Å². The van der Waals surface area contributed by atoms with E-state index in [0.29, 0.717) is 11.7 Å². The van der Waals surface area contributed by atoms with Crippen molar-refractivity contribution in [2.75, 3.05) is 13.1 Å². The van der Waals surface area contributed by atoms with Gasteiger partial charge in [-0.3, -0.25) is 14.4 Å². The molecule has 1 saturated heterocycles. The number of hydrogen-bond donors (Lipinski definition) is 1. The molecule has 2 heterocycles. The summed E-state index contributed by atoms with van der Waals surface area (Å²) in [5.74, 6) is 0.00944. The predicted octanol–water partition coefficient (Wildman–Crippen LogP) is 2.51. The van der Waals surface area contributed by atoms with Gasteiger partial charge >= 0.3 is 0 Å². The van der Waals surface area contributed by atoms with E-state index in [4.69, 9.17) is 0 Å². The number of carbonyl (C=O) groups is 1. The van der Waals surface area contributed by atoms with Gasteiger partial charge in [-0.05, 0) is 44.7 Å². The molecule has 1 aromatic heterocycles. The standard InChI is InChI=1S/C18H30N4O/c1-3-14-12-17(21(2)20-14)18(23)19-13-16-10-7-11-22(16)15-8-5-4-6-9-15/h12,15-16H,3-11,13H2,1-2H3,(H,19,23)/t16-/m1/s1. The molecule has 128 valence electrons. The van der Waals surface area contributed by atoms with Gasteiger partial charge in [-0.15, -0.1) is 0 Å². The van der Waals surface area contributed by atoms with Crippen LogP contribution in [0.4, 0.5) is 0 Å². The summed E-state index contributed by atoms with van der Waals surface area (Å²) in [6, 6.07) is 3.17. The summed E-state index contributed by atoms with van der Waals surface area (Å²) in [5.41, 5.74) is 1.64. The second kappa shape index (κ2) is 7.47. The number of likely N-dealkylation sites (tertiary alicyclic amines) is 1. The number of carbonyl (C=O) groups excluding carboxylic acids is 1. The second-order valence-electron chi connectivity index (χ2n) is 7.03. The van der Waals surface area contributed by atoms with E-state index >= 15 is 0 Å². The Hall–Kier alpha value is -1.36. The zero-order valence-corrected chi connectivity index (χ0v) is 14.6. The van der Waals surface area contributed by atoms with Gasteiger partial charge in [0.1, 0.15) is 5.69 Å². The Kier molecular flexibility index (Phi) is 5.36. The van der Waals surface area contributed by atoms with Crippen LogP contribution in [0.15, 0.2) is 6.07 Å². The third-order valence-electron chi connectivity index (χ3n) is 5.49. The largest absolute Gasteiger partial charge is 0.349 e. The molecule has 0 unspecified atom stereocenters. The molecule has 5 nitrogen and oxygen atoms in total. The van der Waals surface area contributed by atoms with Crippen LogP contribution in [0.25, 0.3) is 0 Å². The first-order valence-corrected chi connectivity index (χ1v) is 9.26. The van der Waals surface area contributed by atoms with E-state index in [9.17, 15) is 4.79 Å². The van der Waals surface area contributed by atoms with E-state index in [1.165, 1.54) is 51.5 Å². The average molecular weight is 318 g/mol. The molecule has 1 aliphatic heterocycles. The van der Waals surface area contributed by atoms with Gasteiger partial charge in [-0.1, -0.05) is 26.2 Å². The average Bonchev–Trinajstić information content (AvgIpc) is 3.19. The fourth-order valence-corrected chi connectivity index (χ4v) is 4.18. The SMILES string of the molecule is CCc1cc(C(=O)NC[C@H]2CCCN2C2CCCCC2)n(C)n1. The summed E-state index contributed by atoms with van der Waals surface area (Å²) in [5, 5.41) is 7.51. The van der Waals surface area contributed by atoms with Crippen molar-refractivity contribution >= 4 is 5.91 Å². The number of aryl methyl sites for hydroxylation is 2. The first-order valence-electron chi connectivity index (χ1n) is 9.26. The fourth-order valence-electron chi connectivity index (χ4n) is 4.18. The smallest absolute Gasteiger partial charge is 0.269 e. The van der Waals surface area contributed by atoms with E-state index in [2.05, 4.69) is 22.2 Å². The number of hydrogen-bond acceptors (Lipinski definition) is 3. The molecular weight excluding hydrogens is 288 g/mol. The normalized spacial score (nSPS) is 23.3. The molecule has 0 bridgehead atoms. The van der Waals surface area contributed by atoms with Crippen molar-refractivity contribution in [1.82, 2.24) is 20.0 Å². The molecule has 3 rings (SSSR count). The molecule has 0 aromatic carbocycles. The molecule has 1 atom stereocenters. The molecule has 1 amide bonds. The van der Waals surface area contributed by atoms with Crippen molar-refractivity contribution in [3.63, 3.8) is 0 Å². The van der Waals surface area contributed by atoms with Crippen molar-refractivity contribution < 1.29 is 4.79 Å². The van der Waals surface area contributed by atoms with Crippen LogP contribution in [0.2, 0.25) is 0 Å². The first kappa shape index (κ1) is 16.5. The lowest BCUT2D eigenvalue weighted by Gasteiger charge is -2.35. The summed E-state index contributed by atoms with van der Waals surface area (Å²) in [6.45, 7) is 4.03. The molecule has 2 fully saturated rings. The van der Waals surface area contributed by atoms with Crippen LogP contribution in [0.1, 0.15) is 68.1 Å². The minimum atomic E-state index is 0.00944. The van der Waals surface area contributed by atoms with Gasteiger partial charge in [0, 0.05) is 25.7 Å². The highest BCUT2D eigenvalue weighted by Crippen LogP contribution is 2.28. The van der Waals surface area contributed by atoms with E-state index < -0.39 is 0 Å². The molecule has 1 aliphatic carbocycles. The van der Waals surface area contributed by atoms with Gasteiger partial charge in [0.05, 0.1) is 5.69 Å². The summed E-state index contributed by atoms with van der Waals surface area (Å²) >= 11 is 0. The summed E-state index contributed by atoms with van der Waals surface area (Å²) in [4.78, 5) is 15.1. The van der Waals surface area contributed by atoms with Crippen molar-refractivity contribution in [2.24, 2.45) is 7.05 Å². The Balaban J connectivity index is 1.56. The summed E-state index contributed by atoms with van der Waals surface area (Å²) < 4.78 is 1.70. The van der Waals surface area contributed by atoms with Gasteiger partial charge in [0.25, 0.3) is 5.91 Å². The lowest BCUT2D eigenvalue weighted by molar-refractivity contribution is 0.0911. The van der Waals surface area contributed by atoms with Crippen molar-refractivity contribution in [3.05, 3.63) is 17.5 Å². The third-order valence-corrected chi connectivity index (χ3v) is 5.49. The zero-order chi connectivity index (χ0) is 16.2. The molecule has 5 heteroatoms. The topological polar surface area (TPSA) is 50.2 Å². The molecule has 23 heavy (non-hydrogen) atoms. The highest BCUT2D eigenvalue weighted by Gasteiger charge is 2.31. The Bertz CT molecular complexity index is 533. The lowest BCUT2D eigenvalue weighted by atomic mass is 9.94. The van der Waals surface area contributed by atoms with E-state index in [1.807, 2.05) is 13.1 Å². The number of nitrogens with zero attached hydrogens (tertiary/aromatic N) is 3. The van der Waals surface area contributed by atoms with Gasteiger partial charge in [-0.2, -0.15) is 5.10 Å². The number of nitrogens with one attached hydrogen (secondary N) is 1. The van der Waals surface area contributed by atoms with Gasteiger partial charge in [0.15, 0.2) is 0 Å². The van der Waals surface area contributed by atoms with Gasteiger partial charge in [-0.25, -0.2) is 0 Å². The number of rotatable bonds is 5. The van der Waals surface area contributed by atoms with E-state index in [-0.39, 0.29) is 5.91 Å². The van der Waals surface area contributed by atoms with E-state index in [1.54, 1.807) is 4.68 Å². The Morgan fingerprint density at radius 1 is 1.26 bits per heavy atom. The van der Waals surface area contributed by atoms with Crippen LogP contribution in [-0.4, -0.2) is 45.8 Å². The fraction of sp³-hybridized carbons (Fsp3) is 0.778. The summed E-state index contributed by atoms with van der Waals surface area (Å²) in [7, 11) is 1.85. The third kappa shape index (κ3) is 3.77. The Morgan fingerprint density at radius 3 is 2.74 bits per heavy atom. The maximum absolute atomic E-state index is 12.4. The molecular formula is C18H30N4O. The molecule has 2 aliphatic rings. The molecule has 1 N–H and O–H groups in total. The first-order chi connectivity index (χ1) is 11.2. The monoisotopic (exact) mass is 318 g/mol. The van der Waals surface area contributed by atoms with Crippen LogP contribution in [0.5, 0.6) is 0 Å². The lowest BCUT2D eigenvalue weighted by Crippen LogP contribution is -2.46. The van der Waals surface area contributed by atoms with Crippen LogP contribution >= 0.6 is 0 Å². The molecule has 0 spiro atoms. The van der Waals surface area contributed by atoms with Crippen molar-refractivity contribution in [2.45, 2.75) is 70.4 Å². The highest BCUT2D eigenvalue weighted by atomic mass is 16.2. The maximum Gasteiger partial charge on any atom is 0.269 e. The summed E-state index contributed by atoms with van der Waals surface area (Å²) in [6.07, 6.45) is 10.2. The quantitative estimate of drug-likeness (QED) is 0.907. The predicted molar refractivity (Wildman–Crippen MR) is 91.5 cm³/mol. The van der Waals surface area contributed by atoms with Gasteiger partial charge in [0.2, 0.25) is 0 Å². The zero-order valence-electron chi connectivity index (χ0n) is 14.6. The second-order valence-corrected chi connectivity index (χ2v) is 7.03. The minimum Gasteiger partial charge on any atom is -0.349 e.